The number of aromatic nitrogens is 6. The summed E-state index contributed by atoms with van der Waals surface area (Å²) in [5.41, 5.74) is 3.06. The van der Waals surface area contributed by atoms with Crippen molar-refractivity contribution in [1.29, 1.82) is 0 Å². The lowest BCUT2D eigenvalue weighted by molar-refractivity contribution is 0.647. The van der Waals surface area contributed by atoms with Crippen LogP contribution in [0.25, 0.3) is 16.4 Å². The van der Waals surface area contributed by atoms with Crippen molar-refractivity contribution in [2.24, 2.45) is 0 Å². The molecule has 7 heteroatoms. The highest BCUT2D eigenvalue weighted by Crippen LogP contribution is 2.20. The third-order valence-electron chi connectivity index (χ3n) is 3.60. The van der Waals surface area contributed by atoms with Gasteiger partial charge in [0, 0.05) is 24.0 Å². The number of hydrogen-bond acceptors (Lipinski definition) is 5. The Hall–Kier alpha value is -2.80. The van der Waals surface area contributed by atoms with Crippen molar-refractivity contribution in [3.63, 3.8) is 0 Å². The molecule has 1 aromatic carbocycles. The van der Waals surface area contributed by atoms with Gasteiger partial charge in [-0.3, -0.25) is 0 Å². The van der Waals surface area contributed by atoms with E-state index >= 15 is 0 Å². The molecule has 4 rings (SSSR count). The number of nitrogens with zero attached hydrogens (tertiary/aromatic N) is 6. The predicted molar refractivity (Wildman–Crippen MR) is 88.5 cm³/mol. The number of thiazole rings is 1. The quantitative estimate of drug-likeness (QED) is 0.579. The first kappa shape index (κ1) is 13.8. The SMILES string of the molecule is Cc1nccn1-c1ccccc1Cn1cc(-c2nccs2)nn1. The second kappa shape index (κ2) is 5.77. The summed E-state index contributed by atoms with van der Waals surface area (Å²) in [5.74, 6) is 0.958. The largest absolute Gasteiger partial charge is 0.304 e. The van der Waals surface area contributed by atoms with E-state index in [1.807, 2.05) is 47.7 Å². The second-order valence-corrected chi connectivity index (χ2v) is 6.01. The summed E-state index contributed by atoms with van der Waals surface area (Å²) in [5, 5.41) is 11.2. The first-order valence-corrected chi connectivity index (χ1v) is 8.07. The minimum Gasteiger partial charge on any atom is -0.304 e. The van der Waals surface area contributed by atoms with E-state index < -0.39 is 0 Å². The normalized spacial score (nSPS) is 11.0. The zero-order valence-electron chi connectivity index (χ0n) is 12.5. The van der Waals surface area contributed by atoms with Crippen LogP contribution in [-0.4, -0.2) is 29.5 Å². The van der Waals surface area contributed by atoms with E-state index in [4.69, 9.17) is 0 Å². The standard InChI is InChI=1S/C16H14N6S/c1-12-17-6-8-22(12)15-5-3-2-4-13(15)10-21-11-14(19-20-21)16-18-7-9-23-16/h2-9,11H,10H2,1H3. The highest BCUT2D eigenvalue weighted by Gasteiger charge is 2.10. The number of hydrogen-bond donors (Lipinski definition) is 0. The molecular formula is C16H14N6S. The molecule has 3 heterocycles. The summed E-state index contributed by atoms with van der Waals surface area (Å²) < 4.78 is 3.91. The highest BCUT2D eigenvalue weighted by atomic mass is 32.1. The van der Waals surface area contributed by atoms with Crippen LogP contribution in [0.4, 0.5) is 0 Å². The van der Waals surface area contributed by atoms with Crippen molar-refractivity contribution >= 4 is 11.3 Å². The van der Waals surface area contributed by atoms with Crippen LogP contribution in [0.2, 0.25) is 0 Å². The fraction of sp³-hybridized carbons (Fsp3) is 0.125. The van der Waals surface area contributed by atoms with Crippen LogP contribution in [-0.2, 0) is 6.54 Å². The molecule has 0 saturated heterocycles. The summed E-state index contributed by atoms with van der Waals surface area (Å²) in [6, 6.07) is 8.24. The van der Waals surface area contributed by atoms with Gasteiger partial charge in [0.15, 0.2) is 0 Å². The van der Waals surface area contributed by atoms with Gasteiger partial charge in [-0.2, -0.15) is 0 Å². The van der Waals surface area contributed by atoms with Gasteiger partial charge in [-0.25, -0.2) is 14.6 Å². The van der Waals surface area contributed by atoms with E-state index in [9.17, 15) is 0 Å². The van der Waals surface area contributed by atoms with Crippen LogP contribution < -0.4 is 0 Å². The van der Waals surface area contributed by atoms with Crippen LogP contribution in [0.15, 0.2) is 54.4 Å². The molecule has 114 valence electrons. The average Bonchev–Trinajstić information content (AvgIpc) is 3.29. The number of para-hydroxylation sites is 1. The van der Waals surface area contributed by atoms with Crippen molar-refractivity contribution in [1.82, 2.24) is 29.5 Å². The van der Waals surface area contributed by atoms with Gasteiger partial charge in [-0.05, 0) is 18.6 Å². The molecule has 0 aliphatic rings. The number of aryl methyl sites for hydroxylation is 1. The van der Waals surface area contributed by atoms with Crippen molar-refractivity contribution < 1.29 is 0 Å². The molecule has 6 nitrogen and oxygen atoms in total. The van der Waals surface area contributed by atoms with Crippen LogP contribution in [0.3, 0.4) is 0 Å². The fourth-order valence-corrected chi connectivity index (χ4v) is 3.10. The molecule has 0 fully saturated rings. The van der Waals surface area contributed by atoms with Gasteiger partial charge in [0.2, 0.25) is 0 Å². The molecule has 0 radical (unpaired) electrons. The number of imidazole rings is 1. The van der Waals surface area contributed by atoms with Crippen LogP contribution in [0, 0.1) is 6.92 Å². The lowest BCUT2D eigenvalue weighted by Gasteiger charge is -2.11. The van der Waals surface area contributed by atoms with Gasteiger partial charge < -0.3 is 4.57 Å². The lowest BCUT2D eigenvalue weighted by Crippen LogP contribution is -2.06. The van der Waals surface area contributed by atoms with Gasteiger partial charge in [-0.15, -0.1) is 16.4 Å². The molecule has 0 amide bonds. The molecule has 4 aromatic rings. The van der Waals surface area contributed by atoms with E-state index in [0.717, 1.165) is 27.8 Å². The van der Waals surface area contributed by atoms with E-state index in [1.54, 1.807) is 17.5 Å². The average molecular weight is 322 g/mol. The van der Waals surface area contributed by atoms with E-state index in [0.29, 0.717) is 6.54 Å². The first-order valence-electron chi connectivity index (χ1n) is 7.19. The Morgan fingerprint density at radius 2 is 2.04 bits per heavy atom. The lowest BCUT2D eigenvalue weighted by atomic mass is 10.1. The third kappa shape index (κ3) is 2.66. The molecule has 0 atom stereocenters. The molecule has 0 spiro atoms. The van der Waals surface area contributed by atoms with Crippen molar-refractivity contribution in [3.05, 3.63) is 65.8 Å². The second-order valence-electron chi connectivity index (χ2n) is 5.11. The van der Waals surface area contributed by atoms with Gasteiger partial charge in [-0.1, -0.05) is 23.4 Å². The van der Waals surface area contributed by atoms with Crippen molar-refractivity contribution in [2.45, 2.75) is 13.5 Å². The summed E-state index contributed by atoms with van der Waals surface area (Å²) in [6.45, 7) is 2.64. The predicted octanol–water partition coefficient (Wildman–Crippen LogP) is 2.94. The summed E-state index contributed by atoms with van der Waals surface area (Å²) >= 11 is 1.56. The van der Waals surface area contributed by atoms with Crippen molar-refractivity contribution in [3.8, 4) is 16.4 Å². The summed E-state index contributed by atoms with van der Waals surface area (Å²) in [4.78, 5) is 8.57. The van der Waals surface area contributed by atoms with Crippen molar-refractivity contribution in [2.75, 3.05) is 0 Å². The molecule has 0 aliphatic carbocycles. The van der Waals surface area contributed by atoms with Gasteiger partial charge in [0.25, 0.3) is 0 Å². The first-order chi connectivity index (χ1) is 11.3. The van der Waals surface area contributed by atoms with Crippen LogP contribution in [0.1, 0.15) is 11.4 Å². The van der Waals surface area contributed by atoms with Gasteiger partial charge in [0.05, 0.1) is 18.4 Å². The highest BCUT2D eigenvalue weighted by molar-refractivity contribution is 7.13. The maximum absolute atomic E-state index is 4.30. The van der Waals surface area contributed by atoms with Crippen LogP contribution in [0.5, 0.6) is 0 Å². The number of benzene rings is 1. The fourth-order valence-electron chi connectivity index (χ4n) is 2.51. The van der Waals surface area contributed by atoms with E-state index in [-0.39, 0.29) is 0 Å². The van der Waals surface area contributed by atoms with Crippen LogP contribution >= 0.6 is 11.3 Å². The Morgan fingerprint density at radius 3 is 2.83 bits per heavy atom. The topological polar surface area (TPSA) is 61.4 Å². The Morgan fingerprint density at radius 1 is 1.13 bits per heavy atom. The molecular weight excluding hydrogens is 308 g/mol. The molecule has 0 saturated carbocycles. The third-order valence-corrected chi connectivity index (χ3v) is 4.39. The maximum Gasteiger partial charge on any atom is 0.145 e. The summed E-state index contributed by atoms with van der Waals surface area (Å²) in [7, 11) is 0. The zero-order valence-corrected chi connectivity index (χ0v) is 13.3. The Labute approximate surface area is 137 Å². The monoisotopic (exact) mass is 322 g/mol. The Kier molecular flexibility index (Phi) is 3.47. The molecule has 0 unspecified atom stereocenters. The smallest absolute Gasteiger partial charge is 0.145 e. The molecule has 3 aromatic heterocycles. The molecule has 0 aliphatic heterocycles. The van der Waals surface area contributed by atoms with Gasteiger partial charge >= 0.3 is 0 Å². The zero-order chi connectivity index (χ0) is 15.6. The van der Waals surface area contributed by atoms with Gasteiger partial charge in [0.1, 0.15) is 16.5 Å². The molecule has 23 heavy (non-hydrogen) atoms. The molecule has 0 bridgehead atoms. The summed E-state index contributed by atoms with van der Waals surface area (Å²) in [6.07, 6.45) is 7.48. The maximum atomic E-state index is 4.30. The minimum absolute atomic E-state index is 0.645. The Bertz CT molecular complexity index is 922. The van der Waals surface area contributed by atoms with E-state index in [2.05, 4.69) is 37.0 Å². The minimum atomic E-state index is 0.645. The molecule has 0 N–H and O–H groups in total. The number of rotatable bonds is 4. The van der Waals surface area contributed by atoms with E-state index in [1.165, 1.54) is 0 Å². The Balaban J connectivity index is 1.66.